The summed E-state index contributed by atoms with van der Waals surface area (Å²) in [5, 5.41) is 4.44. The number of ether oxygens (including phenoxy) is 1. The number of halogens is 1. The van der Waals surface area contributed by atoms with Gasteiger partial charge in [0, 0.05) is 23.5 Å². The maximum Gasteiger partial charge on any atom is 0.125 e. The van der Waals surface area contributed by atoms with E-state index in [9.17, 15) is 0 Å². The Hall–Kier alpha value is -0.730. The van der Waals surface area contributed by atoms with Gasteiger partial charge in [0.15, 0.2) is 0 Å². The van der Waals surface area contributed by atoms with Crippen molar-refractivity contribution in [1.82, 2.24) is 5.32 Å². The van der Waals surface area contributed by atoms with E-state index in [1.54, 1.807) is 0 Å². The average molecular weight is 310 g/mol. The van der Waals surface area contributed by atoms with Crippen molar-refractivity contribution < 1.29 is 4.74 Å². The molecule has 21 heavy (non-hydrogen) atoms. The minimum absolute atomic E-state index is 0.164. The number of hydrogen-bond donors (Lipinski definition) is 1. The van der Waals surface area contributed by atoms with Crippen molar-refractivity contribution in [2.45, 2.75) is 59.4 Å². The molecule has 0 aliphatic carbocycles. The zero-order valence-electron chi connectivity index (χ0n) is 14.0. The van der Waals surface area contributed by atoms with E-state index in [2.05, 4.69) is 46.0 Å². The van der Waals surface area contributed by atoms with Gasteiger partial charge in [-0.15, -0.1) is 0 Å². The number of hydrogen-bond acceptors (Lipinski definition) is 2. The highest BCUT2D eigenvalue weighted by atomic mass is 35.5. The molecule has 0 unspecified atom stereocenters. The number of aryl methyl sites for hydroxylation is 1. The molecule has 3 heteroatoms. The van der Waals surface area contributed by atoms with E-state index < -0.39 is 0 Å². The SMILES string of the molecule is CC(C)(CCc1cc(Cl)cc2c1OCC2)CNC(C)(C)C. The van der Waals surface area contributed by atoms with E-state index in [0.29, 0.717) is 0 Å². The topological polar surface area (TPSA) is 21.3 Å². The first-order valence-corrected chi connectivity index (χ1v) is 8.23. The summed E-state index contributed by atoms with van der Waals surface area (Å²) in [6.07, 6.45) is 3.12. The van der Waals surface area contributed by atoms with Crippen LogP contribution in [-0.4, -0.2) is 18.7 Å². The lowest BCUT2D eigenvalue weighted by Crippen LogP contribution is -2.42. The fourth-order valence-corrected chi connectivity index (χ4v) is 2.86. The van der Waals surface area contributed by atoms with E-state index in [0.717, 1.165) is 43.2 Å². The van der Waals surface area contributed by atoms with Crippen LogP contribution < -0.4 is 10.1 Å². The van der Waals surface area contributed by atoms with Gasteiger partial charge in [-0.3, -0.25) is 0 Å². The molecule has 1 heterocycles. The monoisotopic (exact) mass is 309 g/mol. The molecule has 0 fully saturated rings. The molecule has 0 spiro atoms. The predicted octanol–water partition coefficient (Wildman–Crippen LogP) is 4.62. The molecule has 2 rings (SSSR count). The largest absolute Gasteiger partial charge is 0.493 e. The molecule has 1 aromatic rings. The Labute approximate surface area is 134 Å². The summed E-state index contributed by atoms with van der Waals surface area (Å²) < 4.78 is 5.79. The molecular weight excluding hydrogens is 282 g/mol. The third-order valence-corrected chi connectivity index (χ3v) is 4.21. The van der Waals surface area contributed by atoms with Gasteiger partial charge in [0.05, 0.1) is 6.61 Å². The first-order chi connectivity index (χ1) is 9.66. The van der Waals surface area contributed by atoms with Gasteiger partial charge in [-0.05, 0) is 62.3 Å². The standard InChI is InChI=1S/C18H28ClNO/c1-17(2,3)20-12-18(4,5)8-6-13-10-15(19)11-14-7-9-21-16(13)14/h10-11,20H,6-9,12H2,1-5H3. The van der Waals surface area contributed by atoms with Crippen LogP contribution in [0.2, 0.25) is 5.02 Å². The summed E-state index contributed by atoms with van der Waals surface area (Å²) in [7, 11) is 0. The Morgan fingerprint density at radius 3 is 2.57 bits per heavy atom. The number of fused-ring (bicyclic) bond motifs is 1. The van der Waals surface area contributed by atoms with E-state index in [-0.39, 0.29) is 11.0 Å². The average Bonchev–Trinajstić information content (AvgIpc) is 2.81. The zero-order chi connectivity index (χ0) is 15.7. The van der Waals surface area contributed by atoms with Crippen molar-refractivity contribution in [3.05, 3.63) is 28.3 Å². The number of benzene rings is 1. The summed E-state index contributed by atoms with van der Waals surface area (Å²) >= 11 is 6.23. The second-order valence-corrected chi connectivity index (χ2v) is 8.36. The fraction of sp³-hybridized carbons (Fsp3) is 0.667. The highest BCUT2D eigenvalue weighted by Gasteiger charge is 2.23. The minimum atomic E-state index is 0.164. The molecule has 0 aromatic heterocycles. The van der Waals surface area contributed by atoms with Crippen LogP contribution in [0.1, 0.15) is 52.2 Å². The molecule has 0 radical (unpaired) electrons. The first-order valence-electron chi connectivity index (χ1n) is 7.85. The summed E-state index contributed by atoms with van der Waals surface area (Å²) in [6, 6.07) is 4.11. The first kappa shape index (κ1) is 16.6. The van der Waals surface area contributed by atoms with E-state index in [1.807, 2.05) is 6.07 Å². The van der Waals surface area contributed by atoms with Gasteiger partial charge in [0.25, 0.3) is 0 Å². The summed E-state index contributed by atoms with van der Waals surface area (Å²) in [6.45, 7) is 13.1. The van der Waals surface area contributed by atoms with Crippen LogP contribution in [0.15, 0.2) is 12.1 Å². The molecule has 0 saturated carbocycles. The van der Waals surface area contributed by atoms with Crippen molar-refractivity contribution in [1.29, 1.82) is 0 Å². The lowest BCUT2D eigenvalue weighted by Gasteiger charge is -2.30. The number of rotatable bonds is 5. The predicted molar refractivity (Wildman–Crippen MR) is 90.5 cm³/mol. The Morgan fingerprint density at radius 1 is 1.19 bits per heavy atom. The van der Waals surface area contributed by atoms with Crippen LogP contribution in [0.4, 0.5) is 0 Å². The summed E-state index contributed by atoms with van der Waals surface area (Å²) in [5.41, 5.74) is 2.95. The van der Waals surface area contributed by atoms with Crippen LogP contribution >= 0.6 is 11.6 Å². The normalized spacial score (nSPS) is 15.0. The fourth-order valence-electron chi connectivity index (χ4n) is 2.60. The Kier molecular flexibility index (Phi) is 4.89. The smallest absolute Gasteiger partial charge is 0.125 e. The van der Waals surface area contributed by atoms with Crippen molar-refractivity contribution in [2.75, 3.05) is 13.2 Å². The van der Waals surface area contributed by atoms with Crippen LogP contribution in [0.25, 0.3) is 0 Å². The Morgan fingerprint density at radius 2 is 1.90 bits per heavy atom. The molecule has 1 aliphatic rings. The van der Waals surface area contributed by atoms with Crippen molar-refractivity contribution in [3.63, 3.8) is 0 Å². The van der Waals surface area contributed by atoms with Gasteiger partial charge in [0.2, 0.25) is 0 Å². The Balaban J connectivity index is 2.00. The van der Waals surface area contributed by atoms with Gasteiger partial charge >= 0.3 is 0 Å². The highest BCUT2D eigenvalue weighted by molar-refractivity contribution is 6.30. The molecule has 1 N–H and O–H groups in total. The molecule has 0 atom stereocenters. The second-order valence-electron chi connectivity index (χ2n) is 7.92. The molecule has 0 bridgehead atoms. The van der Waals surface area contributed by atoms with Crippen LogP contribution in [0.3, 0.4) is 0 Å². The maximum absolute atomic E-state index is 6.23. The number of nitrogens with one attached hydrogen (secondary N) is 1. The minimum Gasteiger partial charge on any atom is -0.493 e. The molecule has 0 amide bonds. The lowest BCUT2D eigenvalue weighted by molar-refractivity contribution is 0.272. The molecule has 1 aliphatic heterocycles. The van der Waals surface area contributed by atoms with Gasteiger partial charge in [-0.25, -0.2) is 0 Å². The highest BCUT2D eigenvalue weighted by Crippen LogP contribution is 2.35. The van der Waals surface area contributed by atoms with Gasteiger partial charge in [0.1, 0.15) is 5.75 Å². The van der Waals surface area contributed by atoms with Crippen molar-refractivity contribution in [3.8, 4) is 5.75 Å². The van der Waals surface area contributed by atoms with E-state index >= 15 is 0 Å². The molecule has 0 saturated heterocycles. The maximum atomic E-state index is 6.23. The van der Waals surface area contributed by atoms with Crippen molar-refractivity contribution >= 4 is 11.6 Å². The third kappa shape index (κ3) is 4.89. The van der Waals surface area contributed by atoms with Crippen LogP contribution in [0.5, 0.6) is 5.75 Å². The zero-order valence-corrected chi connectivity index (χ0v) is 14.7. The molecule has 1 aromatic carbocycles. The van der Waals surface area contributed by atoms with Gasteiger partial charge < -0.3 is 10.1 Å². The Bertz CT molecular complexity index is 503. The quantitative estimate of drug-likeness (QED) is 0.856. The summed E-state index contributed by atoms with van der Waals surface area (Å²) in [5.74, 6) is 1.08. The van der Waals surface area contributed by atoms with Gasteiger partial charge in [-0.1, -0.05) is 25.4 Å². The third-order valence-electron chi connectivity index (χ3n) is 3.99. The summed E-state index contributed by atoms with van der Waals surface area (Å²) in [4.78, 5) is 0. The second kappa shape index (κ2) is 6.18. The molecule has 2 nitrogen and oxygen atoms in total. The van der Waals surface area contributed by atoms with Crippen LogP contribution in [0, 0.1) is 5.41 Å². The lowest BCUT2D eigenvalue weighted by atomic mass is 9.85. The molecule has 118 valence electrons. The van der Waals surface area contributed by atoms with Crippen molar-refractivity contribution in [2.24, 2.45) is 5.41 Å². The van der Waals surface area contributed by atoms with Crippen LogP contribution in [-0.2, 0) is 12.8 Å². The van der Waals surface area contributed by atoms with E-state index in [1.165, 1.54) is 11.1 Å². The van der Waals surface area contributed by atoms with Gasteiger partial charge in [-0.2, -0.15) is 0 Å². The molecular formula is C18H28ClNO. The van der Waals surface area contributed by atoms with E-state index in [4.69, 9.17) is 16.3 Å².